The number of nitrogens with zero attached hydrogens (tertiary/aromatic N) is 1. The molecule has 5 nitrogen and oxygen atoms in total. The van der Waals surface area contributed by atoms with Crippen molar-refractivity contribution >= 4 is 12.1 Å². The molecule has 1 heterocycles. The fraction of sp³-hybridized carbons (Fsp3) is 0.600. The Hall–Kier alpha value is -2.04. The number of amides is 1. The van der Waals surface area contributed by atoms with Gasteiger partial charge in [-0.1, -0.05) is 29.8 Å². The number of piperidine rings is 1. The molecule has 2 rings (SSSR count). The van der Waals surface area contributed by atoms with E-state index in [1.54, 1.807) is 4.90 Å². The van der Waals surface area contributed by atoms with E-state index in [0.717, 1.165) is 11.1 Å². The molecule has 5 heteroatoms. The van der Waals surface area contributed by atoms with Crippen LogP contribution in [0.1, 0.15) is 51.2 Å². The summed E-state index contributed by atoms with van der Waals surface area (Å²) >= 11 is 0. The lowest BCUT2D eigenvalue weighted by atomic mass is 9.80. The highest BCUT2D eigenvalue weighted by Crippen LogP contribution is 2.34. The van der Waals surface area contributed by atoms with Crippen LogP contribution in [-0.4, -0.2) is 42.3 Å². The van der Waals surface area contributed by atoms with Gasteiger partial charge in [0.1, 0.15) is 5.60 Å². The molecule has 1 aliphatic rings. The molecule has 1 aromatic carbocycles. The van der Waals surface area contributed by atoms with Crippen molar-refractivity contribution in [3.8, 4) is 0 Å². The lowest BCUT2D eigenvalue weighted by molar-refractivity contribution is -0.150. The Bertz CT molecular complexity index is 620. The maximum atomic E-state index is 12.4. The summed E-state index contributed by atoms with van der Waals surface area (Å²) in [6.45, 7) is 10.7. The monoisotopic (exact) mass is 347 g/mol. The van der Waals surface area contributed by atoms with Crippen LogP contribution < -0.4 is 0 Å². The van der Waals surface area contributed by atoms with Gasteiger partial charge in [-0.05, 0) is 46.6 Å². The largest absolute Gasteiger partial charge is 0.466 e. The summed E-state index contributed by atoms with van der Waals surface area (Å²) in [5.74, 6) is -0.501. The Morgan fingerprint density at radius 1 is 1.28 bits per heavy atom. The standard InChI is InChI=1S/C20H29NO4/c1-6-24-18(22)16-10-11-21(19(23)25-20(3,4)5)13-17(16)15-9-7-8-14(2)12-15/h7-9,12,16-17H,6,10-11,13H2,1-5H3. The highest BCUT2D eigenvalue weighted by molar-refractivity contribution is 5.75. The van der Waals surface area contributed by atoms with E-state index >= 15 is 0 Å². The van der Waals surface area contributed by atoms with Gasteiger partial charge in [0.25, 0.3) is 0 Å². The van der Waals surface area contributed by atoms with E-state index < -0.39 is 5.60 Å². The molecule has 1 aliphatic heterocycles. The van der Waals surface area contributed by atoms with Crippen LogP contribution in [0.15, 0.2) is 24.3 Å². The third kappa shape index (κ3) is 5.21. The van der Waals surface area contributed by atoms with Gasteiger partial charge in [0, 0.05) is 19.0 Å². The second-order valence-corrected chi connectivity index (χ2v) is 7.59. The minimum absolute atomic E-state index is 0.0831. The Morgan fingerprint density at radius 2 is 2.00 bits per heavy atom. The van der Waals surface area contributed by atoms with E-state index in [4.69, 9.17) is 9.47 Å². The molecule has 2 atom stereocenters. The van der Waals surface area contributed by atoms with Gasteiger partial charge in [-0.25, -0.2) is 4.79 Å². The van der Waals surface area contributed by atoms with Crippen LogP contribution in [0.2, 0.25) is 0 Å². The van der Waals surface area contributed by atoms with Gasteiger partial charge in [0.05, 0.1) is 12.5 Å². The first-order chi connectivity index (χ1) is 11.7. The Balaban J connectivity index is 2.23. The number of likely N-dealkylation sites (tertiary alicyclic amines) is 1. The average Bonchev–Trinajstić information content (AvgIpc) is 2.53. The molecule has 1 aromatic rings. The Labute approximate surface area is 150 Å². The zero-order valence-electron chi connectivity index (χ0n) is 15.9. The normalized spacial score (nSPS) is 20.9. The maximum absolute atomic E-state index is 12.4. The van der Waals surface area contributed by atoms with Crippen molar-refractivity contribution in [3.05, 3.63) is 35.4 Å². The molecule has 25 heavy (non-hydrogen) atoms. The molecular weight excluding hydrogens is 318 g/mol. The molecule has 0 aliphatic carbocycles. The molecule has 0 aromatic heterocycles. The number of benzene rings is 1. The van der Waals surface area contributed by atoms with Crippen molar-refractivity contribution in [1.82, 2.24) is 4.90 Å². The first-order valence-corrected chi connectivity index (χ1v) is 8.92. The lowest BCUT2D eigenvalue weighted by Gasteiger charge is -2.38. The van der Waals surface area contributed by atoms with Crippen LogP contribution in [-0.2, 0) is 14.3 Å². The van der Waals surface area contributed by atoms with Crippen LogP contribution in [0.25, 0.3) is 0 Å². The first-order valence-electron chi connectivity index (χ1n) is 8.92. The zero-order valence-corrected chi connectivity index (χ0v) is 15.9. The first kappa shape index (κ1) is 19.3. The minimum Gasteiger partial charge on any atom is -0.466 e. The Morgan fingerprint density at radius 3 is 2.60 bits per heavy atom. The highest BCUT2D eigenvalue weighted by atomic mass is 16.6. The fourth-order valence-electron chi connectivity index (χ4n) is 3.21. The number of carbonyl (C=O) groups is 2. The number of aryl methyl sites for hydroxylation is 1. The molecule has 1 saturated heterocycles. The third-order valence-corrected chi connectivity index (χ3v) is 4.32. The summed E-state index contributed by atoms with van der Waals surface area (Å²) in [5, 5.41) is 0. The van der Waals surface area contributed by atoms with E-state index in [-0.39, 0.29) is 23.9 Å². The second-order valence-electron chi connectivity index (χ2n) is 7.59. The van der Waals surface area contributed by atoms with Crippen LogP contribution >= 0.6 is 0 Å². The third-order valence-electron chi connectivity index (χ3n) is 4.32. The fourth-order valence-corrected chi connectivity index (χ4v) is 3.21. The quantitative estimate of drug-likeness (QED) is 0.778. The van der Waals surface area contributed by atoms with Crippen molar-refractivity contribution in [3.63, 3.8) is 0 Å². The van der Waals surface area contributed by atoms with Crippen molar-refractivity contribution < 1.29 is 19.1 Å². The zero-order chi connectivity index (χ0) is 18.6. The number of hydrogen-bond acceptors (Lipinski definition) is 4. The summed E-state index contributed by atoms with van der Waals surface area (Å²) in [7, 11) is 0. The van der Waals surface area contributed by atoms with Crippen molar-refractivity contribution in [1.29, 1.82) is 0 Å². The van der Waals surface area contributed by atoms with Gasteiger partial charge in [-0.2, -0.15) is 0 Å². The van der Waals surface area contributed by atoms with Gasteiger partial charge in [0.15, 0.2) is 0 Å². The Kier molecular flexibility index (Phi) is 6.09. The van der Waals surface area contributed by atoms with Crippen LogP contribution in [0.5, 0.6) is 0 Å². The van der Waals surface area contributed by atoms with E-state index in [2.05, 4.69) is 6.07 Å². The van der Waals surface area contributed by atoms with Gasteiger partial charge in [-0.15, -0.1) is 0 Å². The molecule has 0 bridgehead atoms. The minimum atomic E-state index is -0.534. The predicted octanol–water partition coefficient (Wildman–Crippen LogP) is 3.90. The van der Waals surface area contributed by atoms with Crippen LogP contribution in [0, 0.1) is 12.8 Å². The van der Waals surface area contributed by atoms with E-state index in [1.165, 1.54) is 0 Å². The van der Waals surface area contributed by atoms with Gasteiger partial charge in [0.2, 0.25) is 0 Å². The summed E-state index contributed by atoms with van der Waals surface area (Å²) in [4.78, 5) is 26.6. The molecule has 0 radical (unpaired) electrons. The predicted molar refractivity (Wildman–Crippen MR) is 96.5 cm³/mol. The van der Waals surface area contributed by atoms with Crippen molar-refractivity contribution in [2.24, 2.45) is 5.92 Å². The summed E-state index contributed by atoms with van der Waals surface area (Å²) in [5.41, 5.74) is 1.66. The maximum Gasteiger partial charge on any atom is 0.410 e. The average molecular weight is 347 g/mol. The molecule has 138 valence electrons. The lowest BCUT2D eigenvalue weighted by Crippen LogP contribution is -2.47. The molecule has 0 N–H and O–H groups in total. The van der Waals surface area contributed by atoms with E-state index in [0.29, 0.717) is 26.1 Å². The number of ether oxygens (including phenoxy) is 2. The molecule has 0 spiro atoms. The SMILES string of the molecule is CCOC(=O)C1CCN(C(=O)OC(C)(C)C)CC1c1cccc(C)c1. The molecule has 1 amide bonds. The number of carbonyl (C=O) groups excluding carboxylic acids is 2. The van der Waals surface area contributed by atoms with Crippen molar-refractivity contribution in [2.45, 2.75) is 52.6 Å². The number of esters is 1. The summed E-state index contributed by atoms with van der Waals surface area (Å²) in [6.07, 6.45) is 0.254. The molecular formula is C20H29NO4. The van der Waals surface area contributed by atoms with Crippen LogP contribution in [0.4, 0.5) is 4.79 Å². The number of rotatable bonds is 3. The second kappa shape index (κ2) is 7.89. The van der Waals surface area contributed by atoms with Crippen molar-refractivity contribution in [2.75, 3.05) is 19.7 Å². The van der Waals surface area contributed by atoms with Gasteiger partial charge in [-0.3, -0.25) is 4.79 Å². The summed E-state index contributed by atoms with van der Waals surface area (Å²) < 4.78 is 10.8. The highest BCUT2D eigenvalue weighted by Gasteiger charge is 2.38. The summed E-state index contributed by atoms with van der Waals surface area (Å²) in [6, 6.07) is 8.11. The van der Waals surface area contributed by atoms with Gasteiger partial charge >= 0.3 is 12.1 Å². The smallest absolute Gasteiger partial charge is 0.410 e. The topological polar surface area (TPSA) is 55.8 Å². The van der Waals surface area contributed by atoms with Crippen LogP contribution in [0.3, 0.4) is 0 Å². The van der Waals surface area contributed by atoms with E-state index in [1.807, 2.05) is 52.8 Å². The van der Waals surface area contributed by atoms with Gasteiger partial charge < -0.3 is 14.4 Å². The molecule has 2 unspecified atom stereocenters. The van der Waals surface area contributed by atoms with E-state index in [9.17, 15) is 9.59 Å². The molecule has 1 fully saturated rings. The number of hydrogen-bond donors (Lipinski definition) is 0. The molecule has 0 saturated carbocycles.